The summed E-state index contributed by atoms with van der Waals surface area (Å²) in [6, 6.07) is 0. The molecule has 0 fully saturated rings. The summed E-state index contributed by atoms with van der Waals surface area (Å²) >= 11 is 0. The predicted molar refractivity (Wildman–Crippen MR) is 90.9 cm³/mol. The lowest BCUT2D eigenvalue weighted by molar-refractivity contribution is -0.151. The lowest BCUT2D eigenvalue weighted by Gasteiger charge is -2.37. The van der Waals surface area contributed by atoms with Crippen LogP contribution in [0.15, 0.2) is 0 Å². The summed E-state index contributed by atoms with van der Waals surface area (Å²) in [5.41, 5.74) is -1.01. The standard InChI is InChI=1S/C17H32BNO3/c1-9-13(20)22-12(2)10-15(3,4)14(21)19-17(7,8)11-16(5,6)18/h12H,9-11H2,1-8H3,(H,19,21). The van der Waals surface area contributed by atoms with Gasteiger partial charge in [0.2, 0.25) is 5.91 Å². The van der Waals surface area contributed by atoms with Crippen LogP contribution >= 0.6 is 0 Å². The van der Waals surface area contributed by atoms with Gasteiger partial charge in [-0.25, -0.2) is 0 Å². The molecule has 1 atom stereocenters. The Kier molecular flexibility index (Phi) is 7.18. The molecule has 22 heavy (non-hydrogen) atoms. The van der Waals surface area contributed by atoms with Crippen molar-refractivity contribution >= 4 is 19.7 Å². The van der Waals surface area contributed by atoms with Gasteiger partial charge in [0, 0.05) is 17.4 Å². The summed E-state index contributed by atoms with van der Waals surface area (Å²) < 4.78 is 5.26. The van der Waals surface area contributed by atoms with Crippen molar-refractivity contribution in [2.75, 3.05) is 0 Å². The number of hydrogen-bond donors (Lipinski definition) is 1. The van der Waals surface area contributed by atoms with Gasteiger partial charge in [-0.15, -0.1) is 0 Å². The molecule has 0 aromatic heterocycles. The monoisotopic (exact) mass is 309 g/mol. The normalized spacial score (nSPS) is 14.4. The van der Waals surface area contributed by atoms with Crippen LogP contribution in [0.5, 0.6) is 0 Å². The number of nitrogens with one attached hydrogen (secondary N) is 1. The molecule has 1 amide bonds. The molecule has 0 aliphatic heterocycles. The van der Waals surface area contributed by atoms with Crippen molar-refractivity contribution < 1.29 is 14.3 Å². The van der Waals surface area contributed by atoms with Crippen LogP contribution < -0.4 is 5.32 Å². The summed E-state index contributed by atoms with van der Waals surface area (Å²) in [4.78, 5) is 23.9. The van der Waals surface area contributed by atoms with Gasteiger partial charge in [-0.05, 0) is 33.6 Å². The van der Waals surface area contributed by atoms with Gasteiger partial charge < -0.3 is 10.1 Å². The summed E-state index contributed by atoms with van der Waals surface area (Å²) in [6.45, 7) is 15.1. The van der Waals surface area contributed by atoms with E-state index in [-0.39, 0.29) is 23.3 Å². The first-order valence-electron chi connectivity index (χ1n) is 7.99. The maximum Gasteiger partial charge on any atom is 0.305 e. The molecular weight excluding hydrogens is 277 g/mol. The van der Waals surface area contributed by atoms with E-state index in [9.17, 15) is 9.59 Å². The van der Waals surface area contributed by atoms with Gasteiger partial charge in [-0.3, -0.25) is 9.59 Å². The molecule has 0 bridgehead atoms. The number of carbonyl (C=O) groups excluding carboxylic acids is 2. The van der Waals surface area contributed by atoms with Crippen LogP contribution in [-0.2, 0) is 14.3 Å². The highest BCUT2D eigenvalue weighted by Crippen LogP contribution is 2.32. The summed E-state index contributed by atoms with van der Waals surface area (Å²) in [7, 11) is 6.05. The zero-order chi connectivity index (χ0) is 17.8. The molecule has 2 radical (unpaired) electrons. The molecule has 0 aliphatic rings. The van der Waals surface area contributed by atoms with E-state index in [1.165, 1.54) is 0 Å². The topological polar surface area (TPSA) is 55.4 Å². The van der Waals surface area contributed by atoms with Gasteiger partial charge in [0.25, 0.3) is 0 Å². The fourth-order valence-corrected chi connectivity index (χ4v) is 2.82. The van der Waals surface area contributed by atoms with Crippen LogP contribution in [0.2, 0.25) is 5.31 Å². The number of ether oxygens (including phenoxy) is 1. The van der Waals surface area contributed by atoms with Crippen molar-refractivity contribution in [1.82, 2.24) is 5.32 Å². The summed E-state index contributed by atoms with van der Waals surface area (Å²) in [6.07, 6.45) is 1.20. The summed E-state index contributed by atoms with van der Waals surface area (Å²) in [5, 5.41) is 2.71. The molecule has 4 nitrogen and oxygen atoms in total. The van der Waals surface area contributed by atoms with E-state index in [4.69, 9.17) is 12.6 Å². The third-order valence-electron chi connectivity index (χ3n) is 3.38. The number of carbonyl (C=O) groups is 2. The lowest BCUT2D eigenvalue weighted by Crippen LogP contribution is -2.50. The second-order valence-corrected chi connectivity index (χ2v) is 8.25. The Hall–Kier alpha value is -0.995. The minimum absolute atomic E-state index is 0.0545. The van der Waals surface area contributed by atoms with Gasteiger partial charge in [-0.1, -0.05) is 39.9 Å². The van der Waals surface area contributed by atoms with Crippen LogP contribution in [0.25, 0.3) is 0 Å². The first-order valence-corrected chi connectivity index (χ1v) is 7.99. The molecule has 0 heterocycles. The summed E-state index contributed by atoms with van der Waals surface area (Å²) in [5.74, 6) is -0.296. The molecule has 0 aromatic carbocycles. The molecule has 0 saturated carbocycles. The minimum Gasteiger partial charge on any atom is -0.463 e. The molecule has 0 saturated heterocycles. The smallest absolute Gasteiger partial charge is 0.305 e. The number of esters is 1. The quantitative estimate of drug-likeness (QED) is 0.552. The number of rotatable bonds is 8. The fourth-order valence-electron chi connectivity index (χ4n) is 2.82. The van der Waals surface area contributed by atoms with Gasteiger partial charge >= 0.3 is 5.97 Å². The highest BCUT2D eigenvalue weighted by molar-refractivity contribution is 6.14. The first-order chi connectivity index (χ1) is 9.68. The lowest BCUT2D eigenvalue weighted by atomic mass is 9.65. The Morgan fingerprint density at radius 1 is 1.14 bits per heavy atom. The van der Waals surface area contributed by atoms with Crippen LogP contribution in [0.4, 0.5) is 0 Å². The van der Waals surface area contributed by atoms with Crippen LogP contribution in [-0.4, -0.2) is 31.4 Å². The van der Waals surface area contributed by atoms with E-state index in [2.05, 4.69) is 5.32 Å². The largest absolute Gasteiger partial charge is 0.463 e. The molecule has 1 unspecified atom stereocenters. The van der Waals surface area contributed by atoms with Crippen molar-refractivity contribution in [3.8, 4) is 0 Å². The van der Waals surface area contributed by atoms with E-state index < -0.39 is 11.0 Å². The Balaban J connectivity index is 4.71. The molecule has 0 aromatic rings. The fraction of sp³-hybridized carbons (Fsp3) is 0.882. The molecule has 0 spiro atoms. The minimum atomic E-state index is -0.622. The maximum absolute atomic E-state index is 12.6. The number of hydrogen-bond acceptors (Lipinski definition) is 3. The predicted octanol–water partition coefficient (Wildman–Crippen LogP) is 3.40. The van der Waals surface area contributed by atoms with Gasteiger partial charge in [0.15, 0.2) is 0 Å². The SMILES string of the molecule is [B]C(C)(C)CC(C)(C)NC(=O)C(C)(C)CC(C)OC(=O)CC. The van der Waals surface area contributed by atoms with E-state index in [0.29, 0.717) is 19.3 Å². The first kappa shape index (κ1) is 21.0. The third-order valence-corrected chi connectivity index (χ3v) is 3.38. The van der Waals surface area contributed by atoms with Gasteiger partial charge in [0.1, 0.15) is 0 Å². The molecule has 5 heteroatoms. The van der Waals surface area contributed by atoms with Crippen molar-refractivity contribution in [2.45, 2.75) is 91.6 Å². The molecule has 0 aliphatic carbocycles. The molecule has 1 N–H and O–H groups in total. The van der Waals surface area contributed by atoms with E-state index in [1.807, 2.05) is 48.5 Å². The second-order valence-electron chi connectivity index (χ2n) is 8.25. The highest BCUT2D eigenvalue weighted by Gasteiger charge is 2.35. The molecular formula is C17H32BNO3. The van der Waals surface area contributed by atoms with E-state index in [0.717, 1.165) is 0 Å². The van der Waals surface area contributed by atoms with Crippen molar-refractivity contribution in [2.24, 2.45) is 5.41 Å². The number of amides is 1. The zero-order valence-corrected chi connectivity index (χ0v) is 15.5. The van der Waals surface area contributed by atoms with Crippen LogP contribution in [0, 0.1) is 5.41 Å². The van der Waals surface area contributed by atoms with Gasteiger partial charge in [-0.2, -0.15) is 0 Å². The Labute approximate surface area is 137 Å². The van der Waals surface area contributed by atoms with E-state index in [1.54, 1.807) is 6.92 Å². The second kappa shape index (κ2) is 7.52. The Morgan fingerprint density at radius 3 is 2.05 bits per heavy atom. The van der Waals surface area contributed by atoms with E-state index >= 15 is 0 Å². The highest BCUT2D eigenvalue weighted by atomic mass is 16.5. The van der Waals surface area contributed by atoms with Crippen LogP contribution in [0.3, 0.4) is 0 Å². The Morgan fingerprint density at radius 2 is 1.64 bits per heavy atom. The average molecular weight is 309 g/mol. The zero-order valence-electron chi connectivity index (χ0n) is 15.5. The van der Waals surface area contributed by atoms with Crippen molar-refractivity contribution in [1.29, 1.82) is 0 Å². The van der Waals surface area contributed by atoms with Crippen molar-refractivity contribution in [3.63, 3.8) is 0 Å². The Bertz CT molecular complexity index is 397. The average Bonchev–Trinajstić information content (AvgIpc) is 2.23. The van der Waals surface area contributed by atoms with Crippen LogP contribution in [0.1, 0.15) is 74.7 Å². The molecule has 126 valence electrons. The van der Waals surface area contributed by atoms with Crippen molar-refractivity contribution in [3.05, 3.63) is 0 Å². The van der Waals surface area contributed by atoms with Gasteiger partial charge in [0.05, 0.1) is 14.0 Å². The third kappa shape index (κ3) is 8.45. The maximum atomic E-state index is 12.6. The molecule has 0 rings (SSSR count).